The second-order valence-electron chi connectivity index (χ2n) is 4.29. The van der Waals surface area contributed by atoms with Crippen molar-refractivity contribution in [2.75, 3.05) is 18.6 Å². The first-order valence-electron chi connectivity index (χ1n) is 5.81. The van der Waals surface area contributed by atoms with Crippen molar-refractivity contribution < 1.29 is 8.42 Å². The molecule has 0 spiro atoms. The minimum absolute atomic E-state index is 0.322. The summed E-state index contributed by atoms with van der Waals surface area (Å²) in [4.78, 5) is 0. The average Bonchev–Trinajstić information content (AvgIpc) is 2.11. The molecule has 3 nitrogen and oxygen atoms in total. The van der Waals surface area contributed by atoms with Gasteiger partial charge in [0.05, 0.1) is 0 Å². The number of hydrogen-bond acceptors (Lipinski definition) is 3. The monoisotopic (exact) mass is 235 g/mol. The summed E-state index contributed by atoms with van der Waals surface area (Å²) in [5, 5.41) is 3.39. The lowest BCUT2D eigenvalue weighted by Gasteiger charge is -2.23. The van der Waals surface area contributed by atoms with Crippen LogP contribution in [0.4, 0.5) is 0 Å². The predicted octanol–water partition coefficient (Wildman–Crippen LogP) is 1.84. The number of nitrogens with one attached hydrogen (secondary N) is 1. The third kappa shape index (κ3) is 7.79. The lowest BCUT2D eigenvalue weighted by atomic mass is 9.93. The zero-order valence-corrected chi connectivity index (χ0v) is 11.2. The topological polar surface area (TPSA) is 46.2 Å². The molecule has 2 atom stereocenters. The molecule has 0 aliphatic heterocycles. The molecule has 0 aromatic heterocycles. The summed E-state index contributed by atoms with van der Waals surface area (Å²) in [6.45, 7) is 7.42. The molecule has 0 saturated heterocycles. The molecule has 15 heavy (non-hydrogen) atoms. The van der Waals surface area contributed by atoms with Gasteiger partial charge in [0.1, 0.15) is 9.84 Å². The Morgan fingerprint density at radius 1 is 1.27 bits per heavy atom. The van der Waals surface area contributed by atoms with Crippen LogP contribution in [-0.2, 0) is 9.84 Å². The van der Waals surface area contributed by atoms with Gasteiger partial charge < -0.3 is 5.32 Å². The molecule has 0 amide bonds. The van der Waals surface area contributed by atoms with Crippen molar-refractivity contribution in [2.45, 2.75) is 46.1 Å². The van der Waals surface area contributed by atoms with Gasteiger partial charge in [0.25, 0.3) is 0 Å². The van der Waals surface area contributed by atoms with Crippen LogP contribution in [0.1, 0.15) is 40.0 Å². The summed E-state index contributed by atoms with van der Waals surface area (Å²) >= 11 is 0. The SMILES string of the molecule is CCNC(C)C(CC)CCCS(C)(=O)=O. The van der Waals surface area contributed by atoms with Crippen LogP contribution in [0.3, 0.4) is 0 Å². The third-order valence-corrected chi connectivity index (χ3v) is 3.88. The minimum atomic E-state index is -2.79. The van der Waals surface area contributed by atoms with Gasteiger partial charge in [0.15, 0.2) is 0 Å². The molecule has 4 heteroatoms. The van der Waals surface area contributed by atoms with Gasteiger partial charge >= 0.3 is 0 Å². The van der Waals surface area contributed by atoms with Gasteiger partial charge in [-0.3, -0.25) is 0 Å². The first-order chi connectivity index (χ1) is 6.90. The van der Waals surface area contributed by atoms with Crippen molar-refractivity contribution in [1.82, 2.24) is 5.32 Å². The number of rotatable bonds is 8. The zero-order valence-electron chi connectivity index (χ0n) is 10.4. The molecule has 0 aliphatic carbocycles. The van der Waals surface area contributed by atoms with Crippen LogP contribution in [0.2, 0.25) is 0 Å². The molecule has 0 saturated carbocycles. The fourth-order valence-electron chi connectivity index (χ4n) is 1.90. The Kier molecular flexibility index (Phi) is 7.18. The van der Waals surface area contributed by atoms with E-state index in [-0.39, 0.29) is 0 Å². The minimum Gasteiger partial charge on any atom is -0.314 e. The van der Waals surface area contributed by atoms with Gasteiger partial charge in [-0.2, -0.15) is 0 Å². The van der Waals surface area contributed by atoms with E-state index in [2.05, 4.69) is 26.1 Å². The van der Waals surface area contributed by atoms with E-state index in [0.29, 0.717) is 17.7 Å². The summed E-state index contributed by atoms with van der Waals surface area (Å²) in [5.74, 6) is 0.911. The van der Waals surface area contributed by atoms with Gasteiger partial charge in [-0.25, -0.2) is 8.42 Å². The maximum atomic E-state index is 11.0. The van der Waals surface area contributed by atoms with Crippen molar-refractivity contribution in [1.29, 1.82) is 0 Å². The van der Waals surface area contributed by atoms with Gasteiger partial charge in [0.2, 0.25) is 0 Å². The summed E-state index contributed by atoms with van der Waals surface area (Å²) in [6.07, 6.45) is 4.20. The molecular formula is C11H25NO2S. The van der Waals surface area contributed by atoms with Crippen LogP contribution >= 0.6 is 0 Å². The van der Waals surface area contributed by atoms with Crippen LogP contribution in [0.25, 0.3) is 0 Å². The maximum absolute atomic E-state index is 11.0. The first kappa shape index (κ1) is 14.9. The Morgan fingerprint density at radius 3 is 2.27 bits per heavy atom. The van der Waals surface area contributed by atoms with Crippen molar-refractivity contribution in [2.24, 2.45) is 5.92 Å². The summed E-state index contributed by atoms with van der Waals surface area (Å²) in [5.41, 5.74) is 0. The first-order valence-corrected chi connectivity index (χ1v) is 7.87. The van der Waals surface area contributed by atoms with Crippen LogP contribution in [0.5, 0.6) is 0 Å². The summed E-state index contributed by atoms with van der Waals surface area (Å²) in [6, 6.07) is 0.486. The normalized spacial score (nSPS) is 16.3. The van der Waals surface area contributed by atoms with Gasteiger partial charge in [0, 0.05) is 18.1 Å². The van der Waals surface area contributed by atoms with E-state index in [9.17, 15) is 8.42 Å². The largest absolute Gasteiger partial charge is 0.314 e. The van der Waals surface area contributed by atoms with Crippen molar-refractivity contribution in [3.05, 3.63) is 0 Å². The molecule has 0 rings (SSSR count). The Morgan fingerprint density at radius 2 is 1.87 bits per heavy atom. The van der Waals surface area contributed by atoms with Crippen molar-refractivity contribution in [3.8, 4) is 0 Å². The maximum Gasteiger partial charge on any atom is 0.147 e. The smallest absolute Gasteiger partial charge is 0.147 e. The Labute approximate surface area is 94.6 Å². The molecule has 0 aliphatic rings. The van der Waals surface area contributed by atoms with Crippen LogP contribution in [0, 0.1) is 5.92 Å². The van der Waals surface area contributed by atoms with E-state index in [4.69, 9.17) is 0 Å². The molecule has 0 aromatic carbocycles. The average molecular weight is 235 g/mol. The van der Waals surface area contributed by atoms with Crippen molar-refractivity contribution >= 4 is 9.84 Å². The molecule has 1 N–H and O–H groups in total. The van der Waals surface area contributed by atoms with E-state index >= 15 is 0 Å². The molecule has 2 unspecified atom stereocenters. The van der Waals surface area contributed by atoms with E-state index < -0.39 is 9.84 Å². The Bertz CT molecular complexity index is 249. The van der Waals surface area contributed by atoms with E-state index in [1.165, 1.54) is 6.26 Å². The molecule has 0 heterocycles. The van der Waals surface area contributed by atoms with Gasteiger partial charge in [-0.15, -0.1) is 0 Å². The summed E-state index contributed by atoms with van der Waals surface area (Å²) < 4.78 is 22.0. The molecule has 0 aromatic rings. The Balaban J connectivity index is 3.90. The lowest BCUT2D eigenvalue weighted by Crippen LogP contribution is -2.33. The third-order valence-electron chi connectivity index (χ3n) is 2.85. The van der Waals surface area contributed by atoms with Gasteiger partial charge in [-0.1, -0.05) is 20.3 Å². The van der Waals surface area contributed by atoms with E-state index in [0.717, 1.165) is 25.8 Å². The predicted molar refractivity (Wildman–Crippen MR) is 65.9 cm³/mol. The van der Waals surface area contributed by atoms with E-state index in [1.54, 1.807) is 0 Å². The fraction of sp³-hybridized carbons (Fsp3) is 1.00. The van der Waals surface area contributed by atoms with Gasteiger partial charge in [-0.05, 0) is 32.2 Å². The standard InChI is InChI=1S/C11H25NO2S/c1-5-11(10(3)12-6-2)8-7-9-15(4,13)14/h10-12H,5-9H2,1-4H3. The van der Waals surface area contributed by atoms with E-state index in [1.807, 2.05) is 0 Å². The highest BCUT2D eigenvalue weighted by Crippen LogP contribution is 2.16. The number of sulfone groups is 1. The molecule has 0 fully saturated rings. The number of hydrogen-bond donors (Lipinski definition) is 1. The second kappa shape index (κ2) is 7.23. The van der Waals surface area contributed by atoms with Crippen LogP contribution in [-0.4, -0.2) is 33.0 Å². The zero-order chi connectivity index (χ0) is 11.9. The highest BCUT2D eigenvalue weighted by atomic mass is 32.2. The molecule has 92 valence electrons. The van der Waals surface area contributed by atoms with Crippen LogP contribution in [0.15, 0.2) is 0 Å². The second-order valence-corrected chi connectivity index (χ2v) is 6.55. The molecule has 0 bridgehead atoms. The summed E-state index contributed by atoms with van der Waals surface area (Å²) in [7, 11) is -2.79. The molecule has 0 radical (unpaired) electrons. The van der Waals surface area contributed by atoms with Crippen LogP contribution < -0.4 is 5.32 Å². The molecular weight excluding hydrogens is 210 g/mol. The lowest BCUT2D eigenvalue weighted by molar-refractivity contribution is 0.346. The quantitative estimate of drug-likeness (QED) is 0.698. The fourth-order valence-corrected chi connectivity index (χ4v) is 2.60. The Hall–Kier alpha value is -0.0900. The van der Waals surface area contributed by atoms with Crippen molar-refractivity contribution in [3.63, 3.8) is 0 Å². The highest BCUT2D eigenvalue weighted by Gasteiger charge is 2.14. The highest BCUT2D eigenvalue weighted by molar-refractivity contribution is 7.90.